The molecular formula is C17H28N2. The summed E-state index contributed by atoms with van der Waals surface area (Å²) >= 11 is 0. The average molecular weight is 260 g/mol. The third kappa shape index (κ3) is 4.96. The van der Waals surface area contributed by atoms with E-state index < -0.39 is 0 Å². The summed E-state index contributed by atoms with van der Waals surface area (Å²) in [6.07, 6.45) is 3.99. The van der Waals surface area contributed by atoms with Crippen LogP contribution in [0.2, 0.25) is 0 Å². The van der Waals surface area contributed by atoms with Crippen LogP contribution in [-0.2, 0) is 0 Å². The molecule has 0 aliphatic heterocycles. The zero-order valence-corrected chi connectivity index (χ0v) is 12.4. The second-order valence-corrected chi connectivity index (χ2v) is 5.84. The van der Waals surface area contributed by atoms with Gasteiger partial charge in [-0.2, -0.15) is 0 Å². The molecule has 1 aromatic rings. The maximum absolute atomic E-state index is 3.62. The zero-order chi connectivity index (χ0) is 13.5. The number of rotatable bonds is 9. The van der Waals surface area contributed by atoms with Crippen LogP contribution in [-0.4, -0.2) is 25.7 Å². The van der Waals surface area contributed by atoms with E-state index in [0.29, 0.717) is 5.92 Å². The Kier molecular flexibility index (Phi) is 5.87. The van der Waals surface area contributed by atoms with Gasteiger partial charge in [-0.05, 0) is 30.2 Å². The van der Waals surface area contributed by atoms with E-state index in [1.165, 1.54) is 24.8 Å². The third-order valence-electron chi connectivity index (χ3n) is 4.23. The molecule has 0 amide bonds. The third-order valence-corrected chi connectivity index (χ3v) is 4.23. The van der Waals surface area contributed by atoms with E-state index in [2.05, 4.69) is 54.8 Å². The molecule has 2 heteroatoms. The van der Waals surface area contributed by atoms with Crippen LogP contribution in [0.5, 0.6) is 0 Å². The van der Waals surface area contributed by atoms with Gasteiger partial charge in [0.05, 0.1) is 0 Å². The van der Waals surface area contributed by atoms with E-state index in [-0.39, 0.29) is 0 Å². The van der Waals surface area contributed by atoms with E-state index >= 15 is 0 Å². The Morgan fingerprint density at radius 1 is 1.16 bits per heavy atom. The second kappa shape index (κ2) is 7.66. The summed E-state index contributed by atoms with van der Waals surface area (Å²) in [6, 6.07) is 11.8. The lowest BCUT2D eigenvalue weighted by Crippen LogP contribution is -2.32. The normalized spacial score (nSPS) is 18.2. The van der Waals surface area contributed by atoms with E-state index in [1.54, 1.807) is 0 Å². The highest BCUT2D eigenvalue weighted by Crippen LogP contribution is 2.26. The molecule has 2 nitrogen and oxygen atoms in total. The van der Waals surface area contributed by atoms with Gasteiger partial charge in [-0.3, -0.25) is 0 Å². The van der Waals surface area contributed by atoms with Crippen LogP contribution >= 0.6 is 0 Å². The number of nitrogens with one attached hydrogen (secondary N) is 2. The van der Waals surface area contributed by atoms with Gasteiger partial charge < -0.3 is 10.6 Å². The molecule has 106 valence electrons. The Morgan fingerprint density at radius 2 is 1.89 bits per heavy atom. The van der Waals surface area contributed by atoms with Crippen molar-refractivity contribution in [1.29, 1.82) is 0 Å². The molecule has 0 saturated heterocycles. The van der Waals surface area contributed by atoms with E-state index in [9.17, 15) is 0 Å². The average Bonchev–Trinajstić information content (AvgIpc) is 3.27. The summed E-state index contributed by atoms with van der Waals surface area (Å²) in [5, 5.41) is 7.17. The van der Waals surface area contributed by atoms with Crippen molar-refractivity contribution in [1.82, 2.24) is 10.6 Å². The molecule has 19 heavy (non-hydrogen) atoms. The Hall–Kier alpha value is -0.860. The van der Waals surface area contributed by atoms with Crippen molar-refractivity contribution in [2.75, 3.05) is 19.6 Å². The van der Waals surface area contributed by atoms with Gasteiger partial charge in [-0.25, -0.2) is 0 Å². The molecule has 0 radical (unpaired) electrons. The van der Waals surface area contributed by atoms with Crippen LogP contribution in [0.1, 0.15) is 44.6 Å². The van der Waals surface area contributed by atoms with Gasteiger partial charge in [0.1, 0.15) is 0 Å². The Balaban J connectivity index is 1.76. The minimum absolute atomic E-state index is 0.632. The molecule has 0 bridgehead atoms. The fourth-order valence-corrected chi connectivity index (χ4v) is 2.54. The number of hydrogen-bond donors (Lipinski definition) is 2. The van der Waals surface area contributed by atoms with Crippen molar-refractivity contribution >= 4 is 0 Å². The van der Waals surface area contributed by atoms with E-state index in [4.69, 9.17) is 0 Å². The summed E-state index contributed by atoms with van der Waals surface area (Å²) in [5.74, 6) is 1.36. The van der Waals surface area contributed by atoms with Crippen molar-refractivity contribution in [3.05, 3.63) is 35.9 Å². The molecule has 2 unspecified atom stereocenters. The summed E-state index contributed by atoms with van der Waals surface area (Å²) < 4.78 is 0. The quantitative estimate of drug-likeness (QED) is 0.667. The largest absolute Gasteiger partial charge is 0.315 e. The van der Waals surface area contributed by atoms with Crippen LogP contribution in [0.3, 0.4) is 0 Å². The Morgan fingerprint density at radius 3 is 2.53 bits per heavy atom. The topological polar surface area (TPSA) is 24.1 Å². The van der Waals surface area contributed by atoms with Gasteiger partial charge in [0.15, 0.2) is 0 Å². The first-order chi connectivity index (χ1) is 9.31. The van der Waals surface area contributed by atoms with E-state index in [1.807, 2.05) is 0 Å². The van der Waals surface area contributed by atoms with Crippen LogP contribution in [0.15, 0.2) is 30.3 Å². The molecule has 1 saturated carbocycles. The zero-order valence-electron chi connectivity index (χ0n) is 12.4. The molecule has 0 aromatic heterocycles. The van der Waals surface area contributed by atoms with Crippen molar-refractivity contribution in [3.8, 4) is 0 Å². The Labute approximate surface area is 118 Å². The molecule has 2 rings (SSSR count). The lowest BCUT2D eigenvalue weighted by molar-refractivity contribution is 0.419. The summed E-state index contributed by atoms with van der Waals surface area (Å²) in [5.41, 5.74) is 1.47. The first-order valence-electron chi connectivity index (χ1n) is 7.80. The van der Waals surface area contributed by atoms with Gasteiger partial charge in [-0.1, -0.05) is 50.6 Å². The van der Waals surface area contributed by atoms with Crippen molar-refractivity contribution in [2.45, 2.75) is 45.1 Å². The monoisotopic (exact) mass is 260 g/mol. The molecule has 0 spiro atoms. The number of benzene rings is 1. The van der Waals surface area contributed by atoms with Gasteiger partial charge in [0, 0.05) is 25.7 Å². The SMILES string of the molecule is CCC(C)C(CNCCNC1CC1)c1ccccc1. The lowest BCUT2D eigenvalue weighted by Gasteiger charge is -2.24. The van der Waals surface area contributed by atoms with Crippen molar-refractivity contribution in [2.24, 2.45) is 5.92 Å². The van der Waals surface area contributed by atoms with Gasteiger partial charge >= 0.3 is 0 Å². The molecule has 0 heterocycles. The highest BCUT2D eigenvalue weighted by atomic mass is 15.0. The fraction of sp³-hybridized carbons (Fsp3) is 0.647. The first-order valence-corrected chi connectivity index (χ1v) is 7.80. The predicted molar refractivity (Wildman–Crippen MR) is 82.5 cm³/mol. The molecule has 1 aliphatic carbocycles. The lowest BCUT2D eigenvalue weighted by atomic mass is 9.85. The number of hydrogen-bond acceptors (Lipinski definition) is 2. The fourth-order valence-electron chi connectivity index (χ4n) is 2.54. The smallest absolute Gasteiger partial charge is 0.00793 e. The second-order valence-electron chi connectivity index (χ2n) is 5.84. The van der Waals surface area contributed by atoms with Gasteiger partial charge in [-0.15, -0.1) is 0 Å². The van der Waals surface area contributed by atoms with Gasteiger partial charge in [0.2, 0.25) is 0 Å². The van der Waals surface area contributed by atoms with Crippen LogP contribution in [0.4, 0.5) is 0 Å². The minimum atomic E-state index is 0.632. The van der Waals surface area contributed by atoms with E-state index in [0.717, 1.165) is 31.6 Å². The van der Waals surface area contributed by atoms with Gasteiger partial charge in [0.25, 0.3) is 0 Å². The highest BCUT2D eigenvalue weighted by Gasteiger charge is 2.20. The molecule has 1 aromatic carbocycles. The van der Waals surface area contributed by atoms with Crippen molar-refractivity contribution in [3.63, 3.8) is 0 Å². The van der Waals surface area contributed by atoms with Crippen LogP contribution in [0.25, 0.3) is 0 Å². The summed E-state index contributed by atoms with van der Waals surface area (Å²) in [7, 11) is 0. The molecule has 2 atom stereocenters. The minimum Gasteiger partial charge on any atom is -0.315 e. The standard InChI is InChI=1S/C17H28N2/c1-3-14(2)17(15-7-5-4-6-8-15)13-18-11-12-19-16-9-10-16/h4-8,14,16-19H,3,9-13H2,1-2H3. The predicted octanol–water partition coefficient (Wildman–Crippen LogP) is 3.16. The first kappa shape index (κ1) is 14.5. The van der Waals surface area contributed by atoms with Crippen LogP contribution < -0.4 is 10.6 Å². The molecule has 1 fully saturated rings. The van der Waals surface area contributed by atoms with Crippen molar-refractivity contribution < 1.29 is 0 Å². The van der Waals surface area contributed by atoms with Crippen LogP contribution in [0, 0.1) is 5.92 Å². The molecular weight excluding hydrogens is 232 g/mol. The summed E-state index contributed by atoms with van der Waals surface area (Å²) in [6.45, 7) is 7.92. The maximum atomic E-state index is 3.62. The Bertz CT molecular complexity index is 346. The highest BCUT2D eigenvalue weighted by molar-refractivity contribution is 5.20. The summed E-state index contributed by atoms with van der Waals surface area (Å²) in [4.78, 5) is 0. The maximum Gasteiger partial charge on any atom is 0.00793 e. The molecule has 1 aliphatic rings. The molecule has 2 N–H and O–H groups in total.